The SMILES string of the molecule is CNS(=O)(=O)c1ccc(C(=O)N(C)Cc2csc(C)n2)o1. The highest BCUT2D eigenvalue weighted by molar-refractivity contribution is 7.89. The van der Waals surface area contributed by atoms with Crippen molar-refractivity contribution in [2.45, 2.75) is 18.6 Å². The third kappa shape index (κ3) is 3.49. The number of amides is 1. The molecule has 0 aromatic carbocycles. The van der Waals surface area contributed by atoms with Crippen LogP contribution < -0.4 is 4.72 Å². The van der Waals surface area contributed by atoms with Crippen molar-refractivity contribution in [1.29, 1.82) is 0 Å². The molecule has 1 N–H and O–H groups in total. The number of nitrogens with one attached hydrogen (secondary N) is 1. The van der Waals surface area contributed by atoms with Crippen LogP contribution in [0.3, 0.4) is 0 Å². The maximum absolute atomic E-state index is 12.2. The molecule has 0 aliphatic rings. The van der Waals surface area contributed by atoms with E-state index in [1.807, 2.05) is 12.3 Å². The van der Waals surface area contributed by atoms with Gasteiger partial charge in [-0.25, -0.2) is 18.1 Å². The molecule has 2 rings (SSSR count). The molecule has 0 aliphatic carbocycles. The third-order valence-corrected chi connectivity index (χ3v) is 4.85. The van der Waals surface area contributed by atoms with Gasteiger partial charge >= 0.3 is 0 Å². The van der Waals surface area contributed by atoms with E-state index in [2.05, 4.69) is 9.71 Å². The number of thiazole rings is 1. The average molecular weight is 329 g/mol. The van der Waals surface area contributed by atoms with Gasteiger partial charge in [0.05, 0.1) is 17.2 Å². The molecule has 0 saturated carbocycles. The van der Waals surface area contributed by atoms with Crippen molar-refractivity contribution in [3.8, 4) is 0 Å². The molecule has 0 fully saturated rings. The summed E-state index contributed by atoms with van der Waals surface area (Å²) >= 11 is 1.50. The van der Waals surface area contributed by atoms with Crippen molar-refractivity contribution in [2.75, 3.05) is 14.1 Å². The quantitative estimate of drug-likeness (QED) is 0.890. The number of aryl methyl sites for hydroxylation is 1. The zero-order valence-electron chi connectivity index (χ0n) is 11.8. The minimum atomic E-state index is -3.69. The summed E-state index contributed by atoms with van der Waals surface area (Å²) in [5.74, 6) is -0.434. The molecular weight excluding hydrogens is 314 g/mol. The van der Waals surface area contributed by atoms with Crippen LogP contribution in [0, 0.1) is 6.92 Å². The largest absolute Gasteiger partial charge is 0.438 e. The monoisotopic (exact) mass is 329 g/mol. The van der Waals surface area contributed by atoms with E-state index >= 15 is 0 Å². The molecule has 2 heterocycles. The molecule has 1 amide bonds. The second kappa shape index (κ2) is 5.96. The molecule has 9 heteroatoms. The van der Waals surface area contributed by atoms with Crippen LogP contribution in [0.25, 0.3) is 0 Å². The van der Waals surface area contributed by atoms with Crippen molar-refractivity contribution in [1.82, 2.24) is 14.6 Å². The first kappa shape index (κ1) is 15.7. The van der Waals surface area contributed by atoms with Gasteiger partial charge in [0.1, 0.15) is 0 Å². The molecule has 0 spiro atoms. The van der Waals surface area contributed by atoms with E-state index in [1.165, 1.54) is 35.4 Å². The zero-order chi connectivity index (χ0) is 15.6. The first-order valence-electron chi connectivity index (χ1n) is 6.03. The number of aromatic nitrogens is 1. The minimum Gasteiger partial charge on any atom is -0.438 e. The Hall–Kier alpha value is -1.71. The van der Waals surface area contributed by atoms with E-state index in [0.29, 0.717) is 6.54 Å². The molecule has 114 valence electrons. The van der Waals surface area contributed by atoms with Crippen LogP contribution in [0.5, 0.6) is 0 Å². The summed E-state index contributed by atoms with van der Waals surface area (Å²) in [5, 5.41) is 2.51. The summed E-state index contributed by atoms with van der Waals surface area (Å²) < 4.78 is 30.4. The smallest absolute Gasteiger partial charge is 0.289 e. The van der Waals surface area contributed by atoms with Gasteiger partial charge in [0.2, 0.25) is 5.09 Å². The number of carbonyl (C=O) groups excluding carboxylic acids is 1. The molecule has 0 unspecified atom stereocenters. The molecule has 7 nitrogen and oxygen atoms in total. The van der Waals surface area contributed by atoms with Crippen LogP contribution in [0.4, 0.5) is 0 Å². The Morgan fingerprint density at radius 3 is 2.76 bits per heavy atom. The van der Waals surface area contributed by atoms with Crippen LogP contribution in [-0.2, 0) is 16.6 Å². The highest BCUT2D eigenvalue weighted by Gasteiger charge is 2.22. The van der Waals surface area contributed by atoms with Gasteiger partial charge in [-0.1, -0.05) is 0 Å². The number of nitrogens with zero attached hydrogens (tertiary/aromatic N) is 2. The molecule has 2 aromatic heterocycles. The second-order valence-electron chi connectivity index (χ2n) is 4.35. The highest BCUT2D eigenvalue weighted by atomic mass is 32.2. The predicted octanol–water partition coefficient (Wildman–Crippen LogP) is 1.22. The molecule has 0 aliphatic heterocycles. The standard InChI is InChI=1S/C12H15N3O4S2/c1-8-14-9(7-20-8)6-15(3)12(16)10-4-5-11(19-10)21(17,18)13-2/h4-5,7,13H,6H2,1-3H3. The third-order valence-electron chi connectivity index (χ3n) is 2.74. The summed E-state index contributed by atoms with van der Waals surface area (Å²) in [7, 11) is -0.813. The first-order valence-corrected chi connectivity index (χ1v) is 8.39. The Balaban J connectivity index is 2.13. The fourth-order valence-electron chi connectivity index (χ4n) is 1.66. The lowest BCUT2D eigenvalue weighted by atomic mass is 10.3. The van der Waals surface area contributed by atoms with Crippen molar-refractivity contribution < 1.29 is 17.6 Å². The van der Waals surface area contributed by atoms with Crippen LogP contribution in [-0.4, -0.2) is 38.3 Å². The van der Waals surface area contributed by atoms with Crippen LogP contribution in [0.2, 0.25) is 0 Å². The maximum atomic E-state index is 12.2. The fraction of sp³-hybridized carbons (Fsp3) is 0.333. The van der Waals surface area contributed by atoms with Gasteiger partial charge < -0.3 is 9.32 Å². The molecule has 21 heavy (non-hydrogen) atoms. The predicted molar refractivity (Wildman–Crippen MR) is 77.6 cm³/mol. The normalized spacial score (nSPS) is 11.6. The fourth-order valence-corrected chi connectivity index (χ4v) is 2.92. The lowest BCUT2D eigenvalue weighted by molar-refractivity contribution is 0.0746. The Kier molecular flexibility index (Phi) is 4.45. The van der Waals surface area contributed by atoms with Gasteiger partial charge in [-0.05, 0) is 26.1 Å². The van der Waals surface area contributed by atoms with Gasteiger partial charge in [-0.2, -0.15) is 0 Å². The lowest BCUT2D eigenvalue weighted by Crippen LogP contribution is -2.26. The average Bonchev–Trinajstić information content (AvgIpc) is 3.07. The van der Waals surface area contributed by atoms with Crippen molar-refractivity contribution >= 4 is 27.3 Å². The molecule has 0 bridgehead atoms. The Morgan fingerprint density at radius 2 is 2.19 bits per heavy atom. The van der Waals surface area contributed by atoms with E-state index in [9.17, 15) is 13.2 Å². The molecular formula is C12H15N3O4S2. The van der Waals surface area contributed by atoms with Crippen molar-refractivity contribution in [3.05, 3.63) is 34.0 Å². The number of hydrogen-bond acceptors (Lipinski definition) is 6. The summed E-state index contributed by atoms with van der Waals surface area (Å²) in [5.41, 5.74) is 0.781. The van der Waals surface area contributed by atoms with Gasteiger partial charge in [0.15, 0.2) is 5.76 Å². The summed E-state index contributed by atoms with van der Waals surface area (Å²) in [6, 6.07) is 2.59. The number of sulfonamides is 1. The Bertz CT molecular complexity index is 748. The van der Waals surface area contributed by atoms with E-state index in [0.717, 1.165) is 10.7 Å². The van der Waals surface area contributed by atoms with Gasteiger partial charge in [0.25, 0.3) is 15.9 Å². The number of furan rings is 1. The summed E-state index contributed by atoms with van der Waals surface area (Å²) in [6.45, 7) is 2.22. The van der Waals surface area contributed by atoms with Crippen molar-refractivity contribution in [3.63, 3.8) is 0 Å². The van der Waals surface area contributed by atoms with Gasteiger partial charge in [-0.3, -0.25) is 4.79 Å². The number of rotatable bonds is 5. The van der Waals surface area contributed by atoms with Crippen LogP contribution in [0.1, 0.15) is 21.3 Å². The zero-order valence-corrected chi connectivity index (χ0v) is 13.4. The molecule has 0 saturated heterocycles. The number of carbonyl (C=O) groups is 1. The molecule has 0 radical (unpaired) electrons. The molecule has 2 aromatic rings. The van der Waals surface area contributed by atoms with Crippen molar-refractivity contribution in [2.24, 2.45) is 0 Å². The molecule has 0 atom stereocenters. The van der Waals surface area contributed by atoms with Gasteiger partial charge in [0, 0.05) is 12.4 Å². The lowest BCUT2D eigenvalue weighted by Gasteiger charge is -2.13. The van der Waals surface area contributed by atoms with Crippen LogP contribution >= 0.6 is 11.3 Å². The van der Waals surface area contributed by atoms with Gasteiger partial charge in [-0.15, -0.1) is 11.3 Å². The summed E-state index contributed by atoms with van der Waals surface area (Å²) in [6.07, 6.45) is 0. The Morgan fingerprint density at radius 1 is 1.48 bits per heavy atom. The second-order valence-corrected chi connectivity index (χ2v) is 7.23. The minimum absolute atomic E-state index is 0.0294. The van der Waals surface area contributed by atoms with E-state index in [1.54, 1.807) is 7.05 Å². The van der Waals surface area contributed by atoms with E-state index in [-0.39, 0.29) is 10.9 Å². The van der Waals surface area contributed by atoms with E-state index < -0.39 is 15.9 Å². The van der Waals surface area contributed by atoms with Crippen LogP contribution in [0.15, 0.2) is 27.0 Å². The topological polar surface area (TPSA) is 92.5 Å². The highest BCUT2D eigenvalue weighted by Crippen LogP contribution is 2.16. The van der Waals surface area contributed by atoms with E-state index in [4.69, 9.17) is 4.42 Å². The number of hydrogen-bond donors (Lipinski definition) is 1. The maximum Gasteiger partial charge on any atom is 0.289 e. The first-order chi connectivity index (χ1) is 9.83. The summed E-state index contributed by atoms with van der Waals surface area (Å²) in [4.78, 5) is 17.9. The Labute approximate surface area is 126 Å².